The molecule has 1 heterocycles. The Kier molecular flexibility index (Phi) is 4.48. The van der Waals surface area contributed by atoms with Gasteiger partial charge in [-0.3, -0.25) is 9.48 Å². The number of hydrogen-bond acceptors (Lipinski definition) is 3. The van der Waals surface area contributed by atoms with E-state index in [0.717, 1.165) is 24.8 Å². The Bertz CT molecular complexity index is 651. The predicted octanol–water partition coefficient (Wildman–Crippen LogP) is 2.21. The van der Waals surface area contributed by atoms with Gasteiger partial charge in [0.1, 0.15) is 0 Å². The molecule has 1 fully saturated rings. The third-order valence-corrected chi connectivity index (χ3v) is 4.87. The van der Waals surface area contributed by atoms with Gasteiger partial charge < -0.3 is 10.4 Å². The summed E-state index contributed by atoms with van der Waals surface area (Å²) in [7, 11) is 0. The van der Waals surface area contributed by atoms with Gasteiger partial charge in [0.05, 0.1) is 13.2 Å². The number of benzene rings is 1. The summed E-state index contributed by atoms with van der Waals surface area (Å²) < 4.78 is 1.85. The van der Waals surface area contributed by atoms with Crippen molar-refractivity contribution in [2.75, 3.05) is 6.61 Å². The first-order chi connectivity index (χ1) is 11.1. The highest BCUT2D eigenvalue weighted by Gasteiger charge is 2.39. The summed E-state index contributed by atoms with van der Waals surface area (Å²) in [6.45, 7) is 2.85. The number of aromatic nitrogens is 2. The highest BCUT2D eigenvalue weighted by atomic mass is 16.3. The van der Waals surface area contributed by atoms with Crippen LogP contribution in [-0.4, -0.2) is 33.4 Å². The number of aliphatic hydroxyl groups excluding tert-OH is 1. The standard InChI is InChI=1S/C18H23N3O2/c1-18(13-22)9-2-4-16(18)20-17(23)15-7-5-14(6-8-15)12-21-11-3-10-19-21/h3,5-8,10-11,16,22H,2,4,9,12-13H2,1H3,(H,20,23). The lowest BCUT2D eigenvalue weighted by Gasteiger charge is -2.30. The van der Waals surface area contributed by atoms with Crippen LogP contribution in [0.25, 0.3) is 0 Å². The molecule has 2 aromatic rings. The Morgan fingerprint density at radius 3 is 2.87 bits per heavy atom. The van der Waals surface area contributed by atoms with Gasteiger partial charge in [0, 0.05) is 29.4 Å². The molecule has 1 aliphatic rings. The van der Waals surface area contributed by atoms with Crippen LogP contribution in [0.4, 0.5) is 0 Å². The van der Waals surface area contributed by atoms with Gasteiger partial charge in [-0.25, -0.2) is 0 Å². The minimum atomic E-state index is -0.199. The van der Waals surface area contributed by atoms with E-state index < -0.39 is 0 Å². The SMILES string of the molecule is CC1(CO)CCCC1NC(=O)c1ccc(Cn2cccn2)cc1. The molecule has 122 valence electrons. The smallest absolute Gasteiger partial charge is 0.251 e. The molecule has 2 N–H and O–H groups in total. The van der Waals surface area contributed by atoms with Crippen molar-refractivity contribution in [2.45, 2.75) is 38.8 Å². The first-order valence-corrected chi connectivity index (χ1v) is 8.09. The van der Waals surface area contributed by atoms with E-state index in [1.165, 1.54) is 0 Å². The molecule has 1 aromatic carbocycles. The number of rotatable bonds is 5. The highest BCUT2D eigenvalue weighted by molar-refractivity contribution is 5.94. The molecule has 5 nitrogen and oxygen atoms in total. The number of aliphatic hydroxyl groups is 1. The molecule has 1 amide bonds. The van der Waals surface area contributed by atoms with E-state index in [4.69, 9.17) is 0 Å². The van der Waals surface area contributed by atoms with Crippen LogP contribution in [0.15, 0.2) is 42.7 Å². The second kappa shape index (κ2) is 6.54. The van der Waals surface area contributed by atoms with Crippen molar-refractivity contribution in [1.82, 2.24) is 15.1 Å². The van der Waals surface area contributed by atoms with Crippen molar-refractivity contribution in [3.63, 3.8) is 0 Å². The summed E-state index contributed by atoms with van der Waals surface area (Å²) in [4.78, 5) is 12.4. The van der Waals surface area contributed by atoms with Crippen molar-refractivity contribution in [2.24, 2.45) is 5.41 Å². The Morgan fingerprint density at radius 1 is 1.43 bits per heavy atom. The molecule has 1 saturated carbocycles. The molecular weight excluding hydrogens is 290 g/mol. The Balaban J connectivity index is 1.64. The summed E-state index contributed by atoms with van der Waals surface area (Å²) in [6, 6.07) is 9.54. The third-order valence-electron chi connectivity index (χ3n) is 4.87. The largest absolute Gasteiger partial charge is 0.396 e. The maximum atomic E-state index is 12.4. The number of carbonyl (C=O) groups is 1. The summed E-state index contributed by atoms with van der Waals surface area (Å²) in [5.74, 6) is -0.0674. The highest BCUT2D eigenvalue weighted by Crippen LogP contribution is 2.37. The van der Waals surface area contributed by atoms with Gasteiger partial charge >= 0.3 is 0 Å². The number of carbonyl (C=O) groups excluding carboxylic acids is 1. The monoisotopic (exact) mass is 313 g/mol. The van der Waals surface area contributed by atoms with Crippen LogP contribution >= 0.6 is 0 Å². The summed E-state index contributed by atoms with van der Waals surface area (Å²) in [6.07, 6.45) is 6.60. The van der Waals surface area contributed by atoms with Crippen molar-refractivity contribution in [1.29, 1.82) is 0 Å². The molecule has 5 heteroatoms. The fourth-order valence-corrected chi connectivity index (χ4v) is 3.25. The van der Waals surface area contributed by atoms with Gasteiger partial charge in [0.2, 0.25) is 0 Å². The summed E-state index contributed by atoms with van der Waals surface area (Å²) >= 11 is 0. The molecule has 3 rings (SSSR count). The maximum absolute atomic E-state index is 12.4. The number of nitrogens with zero attached hydrogens (tertiary/aromatic N) is 2. The Hall–Kier alpha value is -2.14. The first kappa shape index (κ1) is 15.7. The molecule has 0 aliphatic heterocycles. The van der Waals surface area contributed by atoms with E-state index >= 15 is 0 Å². The third kappa shape index (κ3) is 3.45. The molecule has 0 spiro atoms. The molecule has 0 bridgehead atoms. The number of amides is 1. The van der Waals surface area contributed by atoms with E-state index in [2.05, 4.69) is 10.4 Å². The zero-order chi connectivity index (χ0) is 16.3. The van der Waals surface area contributed by atoms with Crippen molar-refractivity contribution < 1.29 is 9.90 Å². The lowest BCUT2D eigenvalue weighted by molar-refractivity contribution is 0.0830. The quantitative estimate of drug-likeness (QED) is 0.889. The Labute approximate surface area is 136 Å². The van der Waals surface area contributed by atoms with E-state index in [9.17, 15) is 9.90 Å². The minimum Gasteiger partial charge on any atom is -0.396 e. The van der Waals surface area contributed by atoms with Gasteiger partial charge in [0.25, 0.3) is 5.91 Å². The van der Waals surface area contributed by atoms with Crippen molar-refractivity contribution in [3.8, 4) is 0 Å². The molecule has 0 radical (unpaired) electrons. The number of hydrogen-bond donors (Lipinski definition) is 2. The predicted molar refractivity (Wildman–Crippen MR) is 88.1 cm³/mol. The van der Waals surface area contributed by atoms with Crippen molar-refractivity contribution >= 4 is 5.91 Å². The minimum absolute atomic E-state index is 0.0451. The topological polar surface area (TPSA) is 67.2 Å². The lowest BCUT2D eigenvalue weighted by atomic mass is 9.85. The van der Waals surface area contributed by atoms with Crippen LogP contribution in [0.2, 0.25) is 0 Å². The second-order valence-electron chi connectivity index (χ2n) is 6.63. The molecule has 1 aromatic heterocycles. The maximum Gasteiger partial charge on any atom is 0.251 e. The van der Waals surface area contributed by atoms with Gasteiger partial charge in [-0.05, 0) is 36.6 Å². The van der Waals surface area contributed by atoms with E-state index in [0.29, 0.717) is 12.1 Å². The van der Waals surface area contributed by atoms with Crippen LogP contribution < -0.4 is 5.32 Å². The van der Waals surface area contributed by atoms with Crippen LogP contribution in [0.1, 0.15) is 42.1 Å². The van der Waals surface area contributed by atoms with E-state index in [1.54, 1.807) is 6.20 Å². The lowest BCUT2D eigenvalue weighted by Crippen LogP contribution is -2.44. The molecule has 23 heavy (non-hydrogen) atoms. The molecule has 2 unspecified atom stereocenters. The molecule has 1 aliphatic carbocycles. The molecular formula is C18H23N3O2. The zero-order valence-corrected chi connectivity index (χ0v) is 13.4. The van der Waals surface area contributed by atoms with Crippen molar-refractivity contribution in [3.05, 3.63) is 53.9 Å². The summed E-state index contributed by atoms with van der Waals surface area (Å²) in [5.41, 5.74) is 1.56. The second-order valence-corrected chi connectivity index (χ2v) is 6.63. The summed E-state index contributed by atoms with van der Waals surface area (Å²) in [5, 5.41) is 16.8. The van der Waals surface area contributed by atoms with E-state index in [1.807, 2.05) is 48.1 Å². The number of nitrogens with one attached hydrogen (secondary N) is 1. The molecule has 0 saturated heterocycles. The normalized spacial score (nSPS) is 23.8. The fourth-order valence-electron chi connectivity index (χ4n) is 3.25. The van der Waals surface area contributed by atoms with Crippen LogP contribution in [0.3, 0.4) is 0 Å². The average molecular weight is 313 g/mol. The molecule has 2 atom stereocenters. The zero-order valence-electron chi connectivity index (χ0n) is 13.4. The van der Waals surface area contributed by atoms with Gasteiger partial charge in [-0.15, -0.1) is 0 Å². The van der Waals surface area contributed by atoms with Gasteiger partial charge in [0.15, 0.2) is 0 Å². The van der Waals surface area contributed by atoms with Crippen LogP contribution in [-0.2, 0) is 6.54 Å². The van der Waals surface area contributed by atoms with Gasteiger partial charge in [-0.2, -0.15) is 5.10 Å². The van der Waals surface area contributed by atoms with Crippen LogP contribution in [0.5, 0.6) is 0 Å². The van der Waals surface area contributed by atoms with Gasteiger partial charge in [-0.1, -0.05) is 25.5 Å². The average Bonchev–Trinajstić information content (AvgIpc) is 3.19. The Morgan fingerprint density at radius 2 is 2.22 bits per heavy atom. The van der Waals surface area contributed by atoms with E-state index in [-0.39, 0.29) is 24.0 Å². The first-order valence-electron chi connectivity index (χ1n) is 8.09. The van der Waals surface area contributed by atoms with Crippen LogP contribution in [0, 0.1) is 5.41 Å². The fraction of sp³-hybridized carbons (Fsp3) is 0.444.